The van der Waals surface area contributed by atoms with E-state index < -0.39 is 0 Å². The minimum atomic E-state index is -0.280. The lowest BCUT2D eigenvalue weighted by Crippen LogP contribution is -2.26. The highest BCUT2D eigenvalue weighted by molar-refractivity contribution is 5.92. The Kier molecular flexibility index (Phi) is 5.88. The van der Waals surface area contributed by atoms with Crippen molar-refractivity contribution in [2.24, 2.45) is 0 Å². The SMILES string of the molecule is O=C(NCCc1ccccc1F)c1ccc(NCc2ccccn2)cn1. The molecule has 3 rings (SSSR count). The number of nitrogens with zero attached hydrogens (tertiary/aromatic N) is 2. The van der Waals surface area contributed by atoms with Crippen LogP contribution in [0.2, 0.25) is 0 Å². The zero-order valence-electron chi connectivity index (χ0n) is 14.2. The van der Waals surface area contributed by atoms with E-state index >= 15 is 0 Å². The number of carbonyl (C=O) groups is 1. The fourth-order valence-electron chi connectivity index (χ4n) is 2.43. The topological polar surface area (TPSA) is 66.9 Å². The molecule has 2 N–H and O–H groups in total. The fraction of sp³-hybridized carbons (Fsp3) is 0.150. The maximum Gasteiger partial charge on any atom is 0.269 e. The molecule has 0 bridgehead atoms. The van der Waals surface area contributed by atoms with E-state index in [1.54, 1.807) is 42.7 Å². The van der Waals surface area contributed by atoms with Gasteiger partial charge < -0.3 is 10.6 Å². The number of rotatable bonds is 7. The van der Waals surface area contributed by atoms with Gasteiger partial charge in [0.05, 0.1) is 24.1 Å². The average Bonchev–Trinajstić information content (AvgIpc) is 2.69. The van der Waals surface area contributed by atoms with E-state index in [9.17, 15) is 9.18 Å². The number of halogens is 1. The molecule has 0 atom stereocenters. The first-order chi connectivity index (χ1) is 12.7. The monoisotopic (exact) mass is 350 g/mol. The Morgan fingerprint density at radius 2 is 1.85 bits per heavy atom. The van der Waals surface area contributed by atoms with Crippen LogP contribution in [0.4, 0.5) is 10.1 Å². The first-order valence-corrected chi connectivity index (χ1v) is 8.34. The number of hydrogen-bond donors (Lipinski definition) is 2. The Bertz CT molecular complexity index is 853. The molecule has 0 radical (unpaired) electrons. The van der Waals surface area contributed by atoms with Gasteiger partial charge in [0.1, 0.15) is 11.5 Å². The van der Waals surface area contributed by atoms with E-state index in [1.165, 1.54) is 6.07 Å². The van der Waals surface area contributed by atoms with Gasteiger partial charge in [0.2, 0.25) is 0 Å². The number of aromatic nitrogens is 2. The second-order valence-corrected chi connectivity index (χ2v) is 5.70. The summed E-state index contributed by atoms with van der Waals surface area (Å²) in [6, 6.07) is 15.7. The van der Waals surface area contributed by atoms with Crippen molar-refractivity contribution in [3.63, 3.8) is 0 Å². The van der Waals surface area contributed by atoms with Crippen LogP contribution in [0.1, 0.15) is 21.7 Å². The summed E-state index contributed by atoms with van der Waals surface area (Å²) in [4.78, 5) is 20.5. The van der Waals surface area contributed by atoms with E-state index in [-0.39, 0.29) is 11.7 Å². The molecule has 0 aliphatic carbocycles. The normalized spacial score (nSPS) is 10.3. The number of benzene rings is 1. The fourth-order valence-corrected chi connectivity index (χ4v) is 2.43. The average molecular weight is 350 g/mol. The van der Waals surface area contributed by atoms with Gasteiger partial charge in [-0.1, -0.05) is 24.3 Å². The Hall–Kier alpha value is -3.28. The summed E-state index contributed by atoms with van der Waals surface area (Å²) < 4.78 is 13.5. The number of carbonyl (C=O) groups excluding carboxylic acids is 1. The largest absolute Gasteiger partial charge is 0.378 e. The van der Waals surface area contributed by atoms with Crippen LogP contribution in [0.25, 0.3) is 0 Å². The number of pyridine rings is 2. The third kappa shape index (κ3) is 4.86. The summed E-state index contributed by atoms with van der Waals surface area (Å²) in [7, 11) is 0. The molecular formula is C20H19FN4O. The van der Waals surface area contributed by atoms with Crippen LogP contribution in [0.3, 0.4) is 0 Å². The quantitative estimate of drug-likeness (QED) is 0.687. The van der Waals surface area contributed by atoms with Crippen LogP contribution in [-0.4, -0.2) is 22.4 Å². The molecule has 5 nitrogen and oxygen atoms in total. The van der Waals surface area contributed by atoms with Crippen molar-refractivity contribution in [1.82, 2.24) is 15.3 Å². The van der Waals surface area contributed by atoms with Crippen LogP contribution >= 0.6 is 0 Å². The minimum Gasteiger partial charge on any atom is -0.378 e. The zero-order chi connectivity index (χ0) is 18.2. The molecule has 0 aliphatic heterocycles. The van der Waals surface area contributed by atoms with E-state index in [1.807, 2.05) is 18.2 Å². The second kappa shape index (κ2) is 8.71. The van der Waals surface area contributed by atoms with Gasteiger partial charge in [-0.05, 0) is 42.3 Å². The highest BCUT2D eigenvalue weighted by Crippen LogP contribution is 2.09. The first-order valence-electron chi connectivity index (χ1n) is 8.34. The summed E-state index contributed by atoms with van der Waals surface area (Å²) in [6.45, 7) is 0.928. The third-order valence-corrected chi connectivity index (χ3v) is 3.83. The van der Waals surface area contributed by atoms with Crippen LogP contribution < -0.4 is 10.6 Å². The van der Waals surface area contributed by atoms with Crippen molar-refractivity contribution in [3.05, 3.63) is 89.8 Å². The van der Waals surface area contributed by atoms with Gasteiger partial charge in [0, 0.05) is 12.7 Å². The summed E-state index contributed by atoms with van der Waals surface area (Å²) in [5.74, 6) is -0.541. The number of anilines is 1. The molecule has 0 fully saturated rings. The molecule has 2 aromatic heterocycles. The molecule has 2 heterocycles. The predicted molar refractivity (Wildman–Crippen MR) is 98.2 cm³/mol. The Morgan fingerprint density at radius 1 is 1.00 bits per heavy atom. The maximum atomic E-state index is 13.5. The van der Waals surface area contributed by atoms with Crippen molar-refractivity contribution in [2.75, 3.05) is 11.9 Å². The first kappa shape index (κ1) is 17.5. The van der Waals surface area contributed by atoms with Crippen molar-refractivity contribution in [1.29, 1.82) is 0 Å². The van der Waals surface area contributed by atoms with E-state index in [4.69, 9.17) is 0 Å². The maximum absolute atomic E-state index is 13.5. The molecular weight excluding hydrogens is 331 g/mol. The van der Waals surface area contributed by atoms with Gasteiger partial charge in [-0.3, -0.25) is 9.78 Å². The highest BCUT2D eigenvalue weighted by Gasteiger charge is 2.07. The Labute approximate surface area is 151 Å². The van der Waals surface area contributed by atoms with Gasteiger partial charge in [0.25, 0.3) is 5.91 Å². The number of hydrogen-bond acceptors (Lipinski definition) is 4. The van der Waals surface area contributed by atoms with Gasteiger partial charge in [0.15, 0.2) is 0 Å². The second-order valence-electron chi connectivity index (χ2n) is 5.70. The van der Waals surface area contributed by atoms with Crippen LogP contribution in [0.15, 0.2) is 67.0 Å². The molecule has 132 valence electrons. The lowest BCUT2D eigenvalue weighted by molar-refractivity contribution is 0.0949. The molecule has 0 saturated carbocycles. The van der Waals surface area contributed by atoms with Gasteiger partial charge in [-0.25, -0.2) is 9.37 Å². The predicted octanol–water partition coefficient (Wildman–Crippen LogP) is 3.20. The van der Waals surface area contributed by atoms with Gasteiger partial charge >= 0.3 is 0 Å². The molecule has 0 unspecified atom stereocenters. The number of nitrogens with one attached hydrogen (secondary N) is 2. The minimum absolute atomic E-state index is 0.261. The lowest BCUT2D eigenvalue weighted by atomic mass is 10.1. The van der Waals surface area contributed by atoms with E-state index in [2.05, 4.69) is 20.6 Å². The van der Waals surface area contributed by atoms with Crippen molar-refractivity contribution in [3.8, 4) is 0 Å². The molecule has 3 aromatic rings. The summed E-state index contributed by atoms with van der Waals surface area (Å²) in [6.07, 6.45) is 3.78. The third-order valence-electron chi connectivity index (χ3n) is 3.83. The standard InChI is InChI=1S/C20H19FN4O/c21-18-7-2-1-5-15(18)10-12-23-20(26)19-9-8-17(14-25-19)24-13-16-6-3-4-11-22-16/h1-9,11,14,24H,10,12-13H2,(H,23,26). The zero-order valence-corrected chi connectivity index (χ0v) is 14.2. The molecule has 1 amide bonds. The summed E-state index contributed by atoms with van der Waals surface area (Å²) in [5, 5.41) is 5.95. The summed E-state index contributed by atoms with van der Waals surface area (Å²) in [5.41, 5.74) is 2.62. The molecule has 0 aliphatic rings. The molecule has 26 heavy (non-hydrogen) atoms. The van der Waals surface area contributed by atoms with Gasteiger partial charge in [-0.15, -0.1) is 0 Å². The molecule has 6 heteroatoms. The lowest BCUT2D eigenvalue weighted by Gasteiger charge is -2.08. The number of amides is 1. The van der Waals surface area contributed by atoms with Crippen molar-refractivity contribution in [2.45, 2.75) is 13.0 Å². The van der Waals surface area contributed by atoms with Crippen molar-refractivity contribution < 1.29 is 9.18 Å². The van der Waals surface area contributed by atoms with Crippen LogP contribution in [0.5, 0.6) is 0 Å². The molecule has 0 spiro atoms. The van der Waals surface area contributed by atoms with E-state index in [0.717, 1.165) is 11.4 Å². The Balaban J connectivity index is 1.48. The van der Waals surface area contributed by atoms with Crippen LogP contribution in [0, 0.1) is 5.82 Å². The highest BCUT2D eigenvalue weighted by atomic mass is 19.1. The van der Waals surface area contributed by atoms with Crippen LogP contribution in [-0.2, 0) is 13.0 Å². The smallest absolute Gasteiger partial charge is 0.269 e. The summed E-state index contributed by atoms with van der Waals surface area (Å²) >= 11 is 0. The van der Waals surface area contributed by atoms with Crippen molar-refractivity contribution >= 4 is 11.6 Å². The molecule has 0 saturated heterocycles. The Morgan fingerprint density at radius 3 is 2.58 bits per heavy atom. The van der Waals surface area contributed by atoms with Gasteiger partial charge in [-0.2, -0.15) is 0 Å². The van der Waals surface area contributed by atoms with E-state index in [0.29, 0.717) is 30.8 Å². The molecule has 1 aromatic carbocycles.